The van der Waals surface area contributed by atoms with Crippen LogP contribution in [-0.4, -0.2) is 29.0 Å². The summed E-state index contributed by atoms with van der Waals surface area (Å²) in [5.41, 5.74) is 3.39. The van der Waals surface area contributed by atoms with E-state index in [0.717, 1.165) is 29.1 Å². The first-order valence-corrected chi connectivity index (χ1v) is 10.6. The molecular formula is C23H27N3O2S. The maximum absolute atomic E-state index is 12.0. The second-order valence-corrected chi connectivity index (χ2v) is 8.82. The van der Waals surface area contributed by atoms with Crippen molar-refractivity contribution < 1.29 is 9.53 Å². The van der Waals surface area contributed by atoms with Gasteiger partial charge >= 0.3 is 0 Å². The van der Waals surface area contributed by atoms with Gasteiger partial charge in [-0.15, -0.1) is 11.3 Å². The van der Waals surface area contributed by atoms with Crippen molar-refractivity contribution in [1.29, 1.82) is 0 Å². The molecule has 0 atom stereocenters. The number of aryl methyl sites for hydroxylation is 1. The van der Waals surface area contributed by atoms with Crippen molar-refractivity contribution in [3.05, 3.63) is 64.7 Å². The van der Waals surface area contributed by atoms with Crippen LogP contribution < -0.4 is 10.1 Å². The number of pyridine rings is 1. The zero-order chi connectivity index (χ0) is 20.7. The molecule has 0 aliphatic carbocycles. The van der Waals surface area contributed by atoms with E-state index in [2.05, 4.69) is 41.4 Å². The molecule has 0 spiro atoms. The Morgan fingerprint density at radius 1 is 1.10 bits per heavy atom. The minimum absolute atomic E-state index is 0.0261. The number of hydrogen-bond acceptors (Lipinski definition) is 5. The molecule has 0 saturated carbocycles. The highest BCUT2D eigenvalue weighted by molar-refractivity contribution is 7.09. The van der Waals surface area contributed by atoms with Gasteiger partial charge < -0.3 is 10.1 Å². The summed E-state index contributed by atoms with van der Waals surface area (Å²) in [5, 5.41) is 6.03. The van der Waals surface area contributed by atoms with Gasteiger partial charge in [0.25, 0.3) is 5.91 Å². The Kier molecular flexibility index (Phi) is 6.99. The summed E-state index contributed by atoms with van der Waals surface area (Å²) in [6.07, 6.45) is 5.22. The van der Waals surface area contributed by atoms with Gasteiger partial charge in [0.1, 0.15) is 5.75 Å². The van der Waals surface area contributed by atoms with Gasteiger partial charge in [-0.1, -0.05) is 32.9 Å². The Labute approximate surface area is 176 Å². The molecule has 1 aromatic carbocycles. The van der Waals surface area contributed by atoms with E-state index in [1.165, 1.54) is 5.56 Å². The van der Waals surface area contributed by atoms with Gasteiger partial charge in [0.2, 0.25) is 0 Å². The van der Waals surface area contributed by atoms with Crippen molar-refractivity contribution in [3.63, 3.8) is 0 Å². The van der Waals surface area contributed by atoms with Gasteiger partial charge in [-0.05, 0) is 41.7 Å². The lowest BCUT2D eigenvalue weighted by molar-refractivity contribution is -0.123. The van der Waals surface area contributed by atoms with Crippen molar-refractivity contribution in [2.75, 3.05) is 13.2 Å². The zero-order valence-corrected chi connectivity index (χ0v) is 18.0. The maximum atomic E-state index is 12.0. The third kappa shape index (κ3) is 6.39. The highest BCUT2D eigenvalue weighted by Gasteiger charge is 2.13. The van der Waals surface area contributed by atoms with Gasteiger partial charge in [-0.2, -0.15) is 0 Å². The fourth-order valence-electron chi connectivity index (χ4n) is 2.80. The van der Waals surface area contributed by atoms with Crippen molar-refractivity contribution in [2.24, 2.45) is 0 Å². The Bertz CT molecular complexity index is 915. The summed E-state index contributed by atoms with van der Waals surface area (Å²) >= 11 is 1.64. The molecule has 1 N–H and O–H groups in total. The molecule has 152 valence electrons. The lowest BCUT2D eigenvalue weighted by atomic mass is 9.87. The monoisotopic (exact) mass is 409 g/mol. The molecule has 2 heterocycles. The van der Waals surface area contributed by atoms with Gasteiger partial charge in [-0.3, -0.25) is 9.78 Å². The van der Waals surface area contributed by atoms with Crippen LogP contribution >= 0.6 is 11.3 Å². The number of aromatic nitrogens is 2. The van der Waals surface area contributed by atoms with Crippen LogP contribution in [0.3, 0.4) is 0 Å². The molecule has 5 nitrogen and oxygen atoms in total. The molecule has 29 heavy (non-hydrogen) atoms. The molecule has 0 saturated heterocycles. The Morgan fingerprint density at radius 2 is 1.83 bits per heavy atom. The average molecular weight is 410 g/mol. The first kappa shape index (κ1) is 21.0. The number of rotatable bonds is 8. The van der Waals surface area contributed by atoms with Crippen molar-refractivity contribution in [2.45, 2.75) is 39.0 Å². The number of hydrogen-bond donors (Lipinski definition) is 1. The van der Waals surface area contributed by atoms with Gasteiger partial charge in [0, 0.05) is 36.3 Å². The second kappa shape index (κ2) is 9.65. The van der Waals surface area contributed by atoms with E-state index < -0.39 is 0 Å². The minimum Gasteiger partial charge on any atom is -0.484 e. The fourth-order valence-corrected chi connectivity index (χ4v) is 3.65. The van der Waals surface area contributed by atoms with E-state index in [4.69, 9.17) is 4.74 Å². The number of ether oxygens (including phenoxy) is 1. The van der Waals surface area contributed by atoms with Crippen LogP contribution in [0, 0.1) is 0 Å². The first-order chi connectivity index (χ1) is 13.9. The summed E-state index contributed by atoms with van der Waals surface area (Å²) in [7, 11) is 0. The van der Waals surface area contributed by atoms with Gasteiger partial charge in [0.15, 0.2) is 6.61 Å². The summed E-state index contributed by atoms with van der Waals surface area (Å²) in [6.45, 7) is 7.14. The molecule has 0 radical (unpaired) electrons. The highest BCUT2D eigenvalue weighted by atomic mass is 32.1. The van der Waals surface area contributed by atoms with Gasteiger partial charge in [0.05, 0.1) is 10.7 Å². The standard InChI is InChI=1S/C23H27N3O2S/c1-23(2,3)18-6-8-19(9-7-18)28-15-21(27)25-12-4-5-22-26-20(16-29-22)17-10-13-24-14-11-17/h6-11,13-14,16H,4-5,12,15H2,1-3H3,(H,25,27). The Hall–Kier alpha value is -2.73. The molecule has 0 unspecified atom stereocenters. The third-order valence-corrected chi connectivity index (χ3v) is 5.42. The fraction of sp³-hybridized carbons (Fsp3) is 0.348. The number of amides is 1. The molecular weight excluding hydrogens is 382 g/mol. The van der Waals surface area contributed by atoms with Crippen LogP contribution in [0.4, 0.5) is 0 Å². The van der Waals surface area contributed by atoms with E-state index in [0.29, 0.717) is 12.3 Å². The van der Waals surface area contributed by atoms with E-state index in [1.807, 2.05) is 36.4 Å². The SMILES string of the molecule is CC(C)(C)c1ccc(OCC(=O)NCCCc2nc(-c3ccncc3)cs2)cc1. The number of thiazole rings is 1. The van der Waals surface area contributed by atoms with E-state index in [1.54, 1.807) is 23.7 Å². The molecule has 0 fully saturated rings. The van der Waals surface area contributed by atoms with Crippen LogP contribution in [0.1, 0.15) is 37.8 Å². The van der Waals surface area contributed by atoms with Gasteiger partial charge in [-0.25, -0.2) is 4.98 Å². The van der Waals surface area contributed by atoms with E-state index >= 15 is 0 Å². The zero-order valence-electron chi connectivity index (χ0n) is 17.1. The summed E-state index contributed by atoms with van der Waals surface area (Å²) in [5.74, 6) is 0.598. The van der Waals surface area contributed by atoms with Crippen LogP contribution in [0.15, 0.2) is 54.2 Å². The first-order valence-electron chi connectivity index (χ1n) is 9.77. The predicted octanol–water partition coefficient (Wildman–Crippen LogP) is 4.63. The summed E-state index contributed by atoms with van der Waals surface area (Å²) in [6, 6.07) is 11.8. The van der Waals surface area contributed by atoms with Crippen LogP contribution in [0.25, 0.3) is 11.3 Å². The van der Waals surface area contributed by atoms with E-state index in [9.17, 15) is 4.79 Å². The minimum atomic E-state index is -0.110. The van der Waals surface area contributed by atoms with Crippen LogP contribution in [0.2, 0.25) is 0 Å². The number of benzene rings is 1. The molecule has 0 aliphatic rings. The topological polar surface area (TPSA) is 64.1 Å². The van der Waals surface area contributed by atoms with E-state index in [-0.39, 0.29) is 17.9 Å². The largest absolute Gasteiger partial charge is 0.484 e. The number of nitrogens with one attached hydrogen (secondary N) is 1. The Morgan fingerprint density at radius 3 is 2.52 bits per heavy atom. The van der Waals surface area contributed by atoms with Crippen molar-refractivity contribution in [3.8, 4) is 17.0 Å². The third-order valence-electron chi connectivity index (χ3n) is 4.51. The number of carbonyl (C=O) groups is 1. The lowest BCUT2D eigenvalue weighted by Gasteiger charge is -2.19. The molecule has 0 aliphatic heterocycles. The summed E-state index contributed by atoms with van der Waals surface area (Å²) in [4.78, 5) is 20.7. The van der Waals surface area contributed by atoms with Crippen molar-refractivity contribution in [1.82, 2.24) is 15.3 Å². The maximum Gasteiger partial charge on any atom is 0.257 e. The molecule has 0 bridgehead atoms. The number of carbonyl (C=O) groups excluding carboxylic acids is 1. The predicted molar refractivity (Wildman–Crippen MR) is 117 cm³/mol. The second-order valence-electron chi connectivity index (χ2n) is 7.88. The summed E-state index contributed by atoms with van der Waals surface area (Å²) < 4.78 is 5.58. The quantitative estimate of drug-likeness (QED) is 0.551. The van der Waals surface area contributed by atoms with Crippen LogP contribution in [0.5, 0.6) is 5.75 Å². The normalized spacial score (nSPS) is 11.3. The van der Waals surface area contributed by atoms with Crippen LogP contribution in [-0.2, 0) is 16.6 Å². The molecule has 1 amide bonds. The lowest BCUT2D eigenvalue weighted by Crippen LogP contribution is -2.29. The molecule has 2 aromatic heterocycles. The smallest absolute Gasteiger partial charge is 0.257 e. The van der Waals surface area contributed by atoms with Crippen molar-refractivity contribution >= 4 is 17.2 Å². The number of nitrogens with zero attached hydrogens (tertiary/aromatic N) is 2. The molecule has 3 rings (SSSR count). The molecule has 3 aromatic rings. The highest BCUT2D eigenvalue weighted by Crippen LogP contribution is 2.24. The average Bonchev–Trinajstić information content (AvgIpc) is 3.19. The molecule has 6 heteroatoms. The Balaban J connectivity index is 1.36.